The summed E-state index contributed by atoms with van der Waals surface area (Å²) in [6.07, 6.45) is 0. The minimum Gasteiger partial charge on any atom is -0.336 e. The van der Waals surface area contributed by atoms with E-state index in [9.17, 15) is 14.4 Å². The Bertz CT molecular complexity index is 866. The Morgan fingerprint density at radius 1 is 1.00 bits per heavy atom. The van der Waals surface area contributed by atoms with Crippen LogP contribution >= 0.6 is 11.8 Å². The number of hydrogen-bond donors (Lipinski definition) is 2. The number of nitrogens with zero attached hydrogens (tertiary/aromatic N) is 1. The van der Waals surface area contributed by atoms with Crippen LogP contribution in [-0.4, -0.2) is 42.0 Å². The largest absolute Gasteiger partial charge is 0.336 e. The van der Waals surface area contributed by atoms with Crippen molar-refractivity contribution in [3.63, 3.8) is 0 Å². The third-order valence-electron chi connectivity index (χ3n) is 4.01. The van der Waals surface area contributed by atoms with Gasteiger partial charge in [0, 0.05) is 30.2 Å². The Morgan fingerprint density at radius 3 is 2.32 bits per heavy atom. The van der Waals surface area contributed by atoms with Gasteiger partial charge in [0.2, 0.25) is 17.7 Å². The molecular formula is C21H25N3O3S. The number of carbonyl (C=O) groups excluding carboxylic acids is 3. The number of amides is 3. The smallest absolute Gasteiger partial charge is 0.243 e. The molecule has 7 heteroatoms. The van der Waals surface area contributed by atoms with Gasteiger partial charge in [0.1, 0.15) is 0 Å². The molecule has 148 valence electrons. The third-order valence-corrected chi connectivity index (χ3v) is 5.01. The van der Waals surface area contributed by atoms with Gasteiger partial charge in [-0.05, 0) is 55.3 Å². The van der Waals surface area contributed by atoms with Crippen molar-refractivity contribution in [3.05, 3.63) is 53.6 Å². The first-order valence-corrected chi connectivity index (χ1v) is 9.84. The van der Waals surface area contributed by atoms with Crippen molar-refractivity contribution in [1.82, 2.24) is 4.90 Å². The van der Waals surface area contributed by atoms with Crippen LogP contribution in [0.5, 0.6) is 0 Å². The molecule has 0 bridgehead atoms. The fourth-order valence-corrected chi connectivity index (χ4v) is 3.30. The second-order valence-electron chi connectivity index (χ2n) is 6.61. The second kappa shape index (κ2) is 9.94. The summed E-state index contributed by atoms with van der Waals surface area (Å²) in [7, 11) is 1.62. The maximum absolute atomic E-state index is 12.3. The molecule has 0 saturated carbocycles. The first kappa shape index (κ1) is 21.5. The number of likely N-dealkylation sites (N-methyl/N-ethyl adjacent to an activating group) is 1. The minimum absolute atomic E-state index is 0.00571. The highest BCUT2D eigenvalue weighted by molar-refractivity contribution is 8.00. The molecule has 0 atom stereocenters. The van der Waals surface area contributed by atoms with Crippen LogP contribution in [0.4, 0.5) is 11.4 Å². The van der Waals surface area contributed by atoms with Gasteiger partial charge in [0.25, 0.3) is 0 Å². The van der Waals surface area contributed by atoms with Crippen molar-refractivity contribution in [3.8, 4) is 0 Å². The van der Waals surface area contributed by atoms with E-state index < -0.39 is 0 Å². The summed E-state index contributed by atoms with van der Waals surface area (Å²) >= 11 is 1.38. The average Bonchev–Trinajstić information content (AvgIpc) is 2.63. The molecule has 2 aromatic rings. The third kappa shape index (κ3) is 6.74. The zero-order valence-electron chi connectivity index (χ0n) is 16.5. The standard InChI is InChI=1S/C21H25N3O3S/c1-14-5-6-15(2)19(11-14)23-20(26)12-24(4)21(27)13-28-18-9-7-17(8-10-18)22-16(3)25/h5-11H,12-13H2,1-4H3,(H,22,25)(H,23,26). The van der Waals surface area contributed by atoms with Crippen molar-refractivity contribution in [2.24, 2.45) is 0 Å². The lowest BCUT2D eigenvalue weighted by molar-refractivity contribution is -0.131. The van der Waals surface area contributed by atoms with Gasteiger partial charge < -0.3 is 15.5 Å². The molecule has 28 heavy (non-hydrogen) atoms. The summed E-state index contributed by atoms with van der Waals surface area (Å²) in [5, 5.41) is 5.55. The molecule has 0 unspecified atom stereocenters. The van der Waals surface area contributed by atoms with Crippen LogP contribution in [0.25, 0.3) is 0 Å². The molecule has 0 spiro atoms. The molecule has 2 aromatic carbocycles. The topological polar surface area (TPSA) is 78.5 Å². The Morgan fingerprint density at radius 2 is 1.68 bits per heavy atom. The highest BCUT2D eigenvalue weighted by atomic mass is 32.2. The summed E-state index contributed by atoms with van der Waals surface area (Å²) in [5.74, 6) is -0.259. The molecule has 0 aliphatic heterocycles. The highest BCUT2D eigenvalue weighted by Gasteiger charge is 2.14. The van der Waals surface area contributed by atoms with Crippen LogP contribution in [-0.2, 0) is 14.4 Å². The van der Waals surface area contributed by atoms with Gasteiger partial charge in [-0.2, -0.15) is 0 Å². The van der Waals surface area contributed by atoms with Gasteiger partial charge in [0.15, 0.2) is 0 Å². The zero-order valence-corrected chi connectivity index (χ0v) is 17.4. The quantitative estimate of drug-likeness (QED) is 0.699. The van der Waals surface area contributed by atoms with E-state index in [0.717, 1.165) is 21.7 Å². The molecule has 6 nitrogen and oxygen atoms in total. The predicted molar refractivity (Wildman–Crippen MR) is 114 cm³/mol. The predicted octanol–water partition coefficient (Wildman–Crippen LogP) is 3.45. The minimum atomic E-state index is -0.228. The fourth-order valence-electron chi connectivity index (χ4n) is 2.46. The van der Waals surface area contributed by atoms with E-state index in [1.165, 1.54) is 23.6 Å². The van der Waals surface area contributed by atoms with Gasteiger partial charge in [-0.25, -0.2) is 0 Å². The normalized spacial score (nSPS) is 10.3. The monoisotopic (exact) mass is 399 g/mol. The van der Waals surface area contributed by atoms with Crippen molar-refractivity contribution in [2.75, 3.05) is 30.0 Å². The average molecular weight is 400 g/mol. The molecule has 0 aromatic heterocycles. The van der Waals surface area contributed by atoms with Crippen molar-refractivity contribution in [2.45, 2.75) is 25.7 Å². The first-order chi connectivity index (χ1) is 13.2. The van der Waals surface area contributed by atoms with Crippen LogP contribution in [0.1, 0.15) is 18.1 Å². The number of hydrogen-bond acceptors (Lipinski definition) is 4. The molecule has 0 aliphatic carbocycles. The highest BCUT2D eigenvalue weighted by Crippen LogP contribution is 2.21. The molecule has 0 saturated heterocycles. The van der Waals surface area contributed by atoms with Gasteiger partial charge >= 0.3 is 0 Å². The first-order valence-electron chi connectivity index (χ1n) is 8.86. The Kier molecular flexibility index (Phi) is 7.63. The van der Waals surface area contributed by atoms with Gasteiger partial charge in [-0.3, -0.25) is 14.4 Å². The van der Waals surface area contributed by atoms with Crippen molar-refractivity contribution in [1.29, 1.82) is 0 Å². The molecule has 2 N–H and O–H groups in total. The number of thioether (sulfide) groups is 1. The van der Waals surface area contributed by atoms with Crippen LogP contribution in [0, 0.1) is 13.8 Å². The number of carbonyl (C=O) groups is 3. The van der Waals surface area contributed by atoms with E-state index >= 15 is 0 Å². The number of rotatable bonds is 7. The summed E-state index contributed by atoms with van der Waals surface area (Å²) in [6, 6.07) is 13.1. The van der Waals surface area contributed by atoms with Crippen molar-refractivity contribution >= 4 is 40.9 Å². The molecule has 0 fully saturated rings. The summed E-state index contributed by atoms with van der Waals surface area (Å²) < 4.78 is 0. The zero-order chi connectivity index (χ0) is 20.7. The maximum atomic E-state index is 12.3. The van der Waals surface area contributed by atoms with Crippen LogP contribution in [0.3, 0.4) is 0 Å². The number of anilines is 2. The number of nitrogens with one attached hydrogen (secondary N) is 2. The molecule has 0 heterocycles. The maximum Gasteiger partial charge on any atom is 0.243 e. The molecular weight excluding hydrogens is 374 g/mol. The number of benzene rings is 2. The van der Waals surface area contributed by atoms with Gasteiger partial charge in [-0.15, -0.1) is 11.8 Å². The molecule has 0 aliphatic rings. The Hall–Kier alpha value is -2.80. The lowest BCUT2D eigenvalue weighted by Crippen LogP contribution is -2.36. The van der Waals surface area contributed by atoms with E-state index in [1.807, 2.05) is 44.2 Å². The lowest BCUT2D eigenvalue weighted by Gasteiger charge is -2.17. The van der Waals surface area contributed by atoms with E-state index in [0.29, 0.717) is 5.69 Å². The SMILES string of the molecule is CC(=O)Nc1ccc(SCC(=O)N(C)CC(=O)Nc2cc(C)ccc2C)cc1. The van der Waals surface area contributed by atoms with Crippen LogP contribution in [0.2, 0.25) is 0 Å². The van der Waals surface area contributed by atoms with Gasteiger partial charge in [-0.1, -0.05) is 12.1 Å². The summed E-state index contributed by atoms with van der Waals surface area (Å²) in [5.41, 5.74) is 3.51. The lowest BCUT2D eigenvalue weighted by atomic mass is 10.1. The van der Waals surface area contributed by atoms with Crippen molar-refractivity contribution < 1.29 is 14.4 Å². The van der Waals surface area contributed by atoms with Gasteiger partial charge in [0.05, 0.1) is 12.3 Å². The van der Waals surface area contributed by atoms with E-state index in [-0.39, 0.29) is 30.0 Å². The fraction of sp³-hybridized carbons (Fsp3) is 0.286. The molecule has 3 amide bonds. The summed E-state index contributed by atoms with van der Waals surface area (Å²) in [6.45, 7) is 5.34. The van der Waals surface area contributed by atoms with Crippen LogP contribution < -0.4 is 10.6 Å². The number of aryl methyl sites for hydroxylation is 2. The summed E-state index contributed by atoms with van der Waals surface area (Å²) in [4.78, 5) is 37.9. The molecule has 2 rings (SSSR count). The Labute approximate surface area is 169 Å². The van der Waals surface area contributed by atoms with E-state index in [1.54, 1.807) is 19.2 Å². The van der Waals surface area contributed by atoms with E-state index in [2.05, 4.69) is 10.6 Å². The second-order valence-corrected chi connectivity index (χ2v) is 7.66. The van der Waals surface area contributed by atoms with E-state index in [4.69, 9.17) is 0 Å². The van der Waals surface area contributed by atoms with Crippen LogP contribution in [0.15, 0.2) is 47.4 Å². The Balaban J connectivity index is 1.82. The molecule has 0 radical (unpaired) electrons.